The normalized spacial score (nSPS) is 10.4. The van der Waals surface area contributed by atoms with Crippen LogP contribution in [0.15, 0.2) is 47.8 Å². The van der Waals surface area contributed by atoms with Crippen LogP contribution < -0.4 is 14.4 Å². The zero-order valence-electron chi connectivity index (χ0n) is 16.1. The molecular formula is C20H19N3O5S. The highest BCUT2D eigenvalue weighted by Crippen LogP contribution is 2.35. The van der Waals surface area contributed by atoms with Crippen LogP contribution in [0.25, 0.3) is 0 Å². The van der Waals surface area contributed by atoms with Gasteiger partial charge in [0.15, 0.2) is 5.13 Å². The Balaban J connectivity index is 1.82. The number of anilines is 2. The summed E-state index contributed by atoms with van der Waals surface area (Å²) in [6.07, 6.45) is 0. The largest absolute Gasteiger partial charge is 0.495 e. The highest BCUT2D eigenvalue weighted by Gasteiger charge is 2.21. The lowest BCUT2D eigenvalue weighted by atomic mass is 10.2. The molecule has 0 N–H and O–H groups in total. The van der Waals surface area contributed by atoms with Gasteiger partial charge in [0.25, 0.3) is 5.69 Å². The van der Waals surface area contributed by atoms with Gasteiger partial charge in [-0.3, -0.25) is 19.8 Å². The van der Waals surface area contributed by atoms with E-state index in [0.717, 1.165) is 0 Å². The molecule has 3 rings (SSSR count). The summed E-state index contributed by atoms with van der Waals surface area (Å²) in [6.45, 7) is 3.21. The lowest BCUT2D eigenvalue weighted by Crippen LogP contribution is -2.23. The quantitative estimate of drug-likeness (QED) is 0.414. The van der Waals surface area contributed by atoms with E-state index in [4.69, 9.17) is 9.47 Å². The average molecular weight is 413 g/mol. The third kappa shape index (κ3) is 4.35. The second kappa shape index (κ2) is 8.70. The first-order valence-electron chi connectivity index (χ1n) is 8.67. The highest BCUT2D eigenvalue weighted by molar-refractivity contribution is 7.14. The molecule has 0 spiro atoms. The highest BCUT2D eigenvalue weighted by atomic mass is 32.1. The Bertz CT molecular complexity index is 1050. The molecule has 1 aromatic heterocycles. The van der Waals surface area contributed by atoms with E-state index in [1.807, 2.05) is 12.1 Å². The number of thiazole rings is 1. The van der Waals surface area contributed by atoms with Gasteiger partial charge >= 0.3 is 0 Å². The number of hydrogen-bond acceptors (Lipinski definition) is 7. The Kier molecular flexibility index (Phi) is 6.08. The fraction of sp³-hybridized carbons (Fsp3) is 0.200. The maximum absolute atomic E-state index is 12.3. The van der Waals surface area contributed by atoms with Crippen LogP contribution in [0.5, 0.6) is 11.5 Å². The van der Waals surface area contributed by atoms with Crippen LogP contribution in [-0.2, 0) is 11.4 Å². The number of aromatic nitrogens is 1. The van der Waals surface area contributed by atoms with Crippen LogP contribution in [0.1, 0.15) is 18.2 Å². The van der Waals surface area contributed by atoms with Crippen molar-refractivity contribution in [3.8, 4) is 11.5 Å². The second-order valence-electron chi connectivity index (χ2n) is 6.09. The first-order valence-corrected chi connectivity index (χ1v) is 9.55. The average Bonchev–Trinajstić information content (AvgIpc) is 3.15. The van der Waals surface area contributed by atoms with Gasteiger partial charge in [0.2, 0.25) is 5.91 Å². The van der Waals surface area contributed by atoms with Gasteiger partial charge in [0.1, 0.15) is 18.1 Å². The molecule has 0 bridgehead atoms. The molecule has 0 saturated heterocycles. The number of methoxy groups -OCH3 is 1. The lowest BCUT2D eigenvalue weighted by molar-refractivity contribution is -0.385. The fourth-order valence-corrected chi connectivity index (χ4v) is 3.66. The summed E-state index contributed by atoms with van der Waals surface area (Å²) in [6, 6.07) is 11.9. The van der Waals surface area contributed by atoms with Gasteiger partial charge < -0.3 is 9.47 Å². The molecule has 0 saturated carbocycles. The van der Waals surface area contributed by atoms with Gasteiger partial charge in [-0.05, 0) is 25.1 Å². The van der Waals surface area contributed by atoms with Crippen molar-refractivity contribution in [2.45, 2.75) is 20.5 Å². The van der Waals surface area contributed by atoms with Crippen molar-refractivity contribution in [2.75, 3.05) is 12.0 Å². The molecule has 0 atom stereocenters. The van der Waals surface area contributed by atoms with Gasteiger partial charge in [-0.25, -0.2) is 4.98 Å². The topological polar surface area (TPSA) is 94.8 Å². The van der Waals surface area contributed by atoms with E-state index in [-0.39, 0.29) is 18.2 Å². The second-order valence-corrected chi connectivity index (χ2v) is 6.93. The molecule has 3 aromatic rings. The Morgan fingerprint density at radius 3 is 2.62 bits per heavy atom. The zero-order chi connectivity index (χ0) is 21.0. The van der Waals surface area contributed by atoms with E-state index in [1.165, 1.54) is 29.2 Å². The van der Waals surface area contributed by atoms with Crippen LogP contribution in [0, 0.1) is 17.0 Å². The first-order chi connectivity index (χ1) is 13.9. The SMILES string of the molecule is COc1ccccc1N(C(C)=O)c1nc(COc2cccc([N+](=O)[O-])c2C)cs1. The van der Waals surface area contributed by atoms with Gasteiger partial charge in [-0.15, -0.1) is 11.3 Å². The molecule has 8 nitrogen and oxygen atoms in total. The van der Waals surface area contributed by atoms with Crippen LogP contribution in [0.3, 0.4) is 0 Å². The summed E-state index contributed by atoms with van der Waals surface area (Å²) in [5, 5.41) is 13.3. The summed E-state index contributed by atoms with van der Waals surface area (Å²) in [5.74, 6) is 0.774. The molecule has 0 unspecified atom stereocenters. The number of nitrogens with zero attached hydrogens (tertiary/aromatic N) is 3. The van der Waals surface area contributed by atoms with E-state index in [9.17, 15) is 14.9 Å². The molecule has 1 heterocycles. The van der Waals surface area contributed by atoms with Crippen molar-refractivity contribution in [3.05, 3.63) is 69.2 Å². The third-order valence-electron chi connectivity index (χ3n) is 4.20. The van der Waals surface area contributed by atoms with Crippen molar-refractivity contribution < 1.29 is 19.2 Å². The minimum atomic E-state index is -0.443. The smallest absolute Gasteiger partial charge is 0.276 e. The number of nitro benzene ring substituents is 1. The Morgan fingerprint density at radius 2 is 1.93 bits per heavy atom. The van der Waals surface area contributed by atoms with Crippen molar-refractivity contribution in [3.63, 3.8) is 0 Å². The minimum absolute atomic E-state index is 0.000365. The lowest BCUT2D eigenvalue weighted by Gasteiger charge is -2.20. The summed E-state index contributed by atoms with van der Waals surface area (Å²) in [4.78, 5) is 28.9. The maximum atomic E-state index is 12.3. The molecular weight excluding hydrogens is 394 g/mol. The molecule has 9 heteroatoms. The van der Waals surface area contributed by atoms with E-state index < -0.39 is 4.92 Å². The van der Waals surface area contributed by atoms with Gasteiger partial charge in [0.05, 0.1) is 29.0 Å². The molecule has 0 aliphatic rings. The van der Waals surface area contributed by atoms with Crippen molar-refractivity contribution in [1.29, 1.82) is 0 Å². The van der Waals surface area contributed by atoms with Crippen LogP contribution in [0.2, 0.25) is 0 Å². The van der Waals surface area contributed by atoms with Crippen molar-refractivity contribution in [2.24, 2.45) is 0 Å². The van der Waals surface area contributed by atoms with E-state index in [1.54, 1.807) is 43.7 Å². The molecule has 29 heavy (non-hydrogen) atoms. The predicted molar refractivity (Wildman–Crippen MR) is 110 cm³/mol. The Morgan fingerprint density at radius 1 is 1.21 bits per heavy atom. The maximum Gasteiger partial charge on any atom is 0.276 e. The molecule has 1 amide bonds. The summed E-state index contributed by atoms with van der Waals surface area (Å²) in [5.41, 5.74) is 1.66. The molecule has 0 aliphatic carbocycles. The molecule has 0 radical (unpaired) electrons. The number of hydrogen-bond donors (Lipinski definition) is 0. The zero-order valence-corrected chi connectivity index (χ0v) is 16.9. The van der Waals surface area contributed by atoms with Crippen molar-refractivity contribution in [1.82, 2.24) is 4.98 Å². The number of nitro groups is 1. The summed E-state index contributed by atoms with van der Waals surface area (Å²) >= 11 is 1.30. The number of carbonyl (C=O) groups is 1. The number of ether oxygens (including phenoxy) is 2. The summed E-state index contributed by atoms with van der Waals surface area (Å²) in [7, 11) is 1.54. The fourth-order valence-electron chi connectivity index (χ4n) is 2.80. The van der Waals surface area contributed by atoms with E-state index >= 15 is 0 Å². The number of benzene rings is 2. The van der Waals surface area contributed by atoms with E-state index in [2.05, 4.69) is 4.98 Å². The predicted octanol–water partition coefficient (Wildman–Crippen LogP) is 4.63. The standard InChI is InChI=1S/C20H19N3O5S/c1-13-16(23(25)26)8-6-10-18(13)28-11-15-12-29-20(21-15)22(14(2)24)17-7-4-5-9-19(17)27-3/h4-10,12H,11H2,1-3H3. The number of carbonyl (C=O) groups excluding carboxylic acids is 1. The minimum Gasteiger partial charge on any atom is -0.495 e. The number of para-hydroxylation sites is 2. The van der Waals surface area contributed by atoms with E-state index in [0.29, 0.717) is 33.6 Å². The molecule has 0 fully saturated rings. The number of amides is 1. The van der Waals surface area contributed by atoms with Crippen LogP contribution in [0.4, 0.5) is 16.5 Å². The van der Waals surface area contributed by atoms with Crippen LogP contribution >= 0.6 is 11.3 Å². The molecule has 150 valence electrons. The van der Waals surface area contributed by atoms with Crippen molar-refractivity contribution >= 4 is 33.8 Å². The van der Waals surface area contributed by atoms with Gasteiger partial charge in [0, 0.05) is 18.4 Å². The summed E-state index contributed by atoms with van der Waals surface area (Å²) < 4.78 is 11.1. The Hall–Kier alpha value is -3.46. The number of rotatable bonds is 7. The Labute approximate surface area is 171 Å². The first kappa shape index (κ1) is 20.3. The monoisotopic (exact) mass is 413 g/mol. The third-order valence-corrected chi connectivity index (χ3v) is 5.07. The van der Waals surface area contributed by atoms with Gasteiger partial charge in [-0.1, -0.05) is 18.2 Å². The van der Waals surface area contributed by atoms with Crippen LogP contribution in [-0.4, -0.2) is 22.9 Å². The molecule has 0 aliphatic heterocycles. The molecule has 2 aromatic carbocycles. The van der Waals surface area contributed by atoms with Gasteiger partial charge in [-0.2, -0.15) is 0 Å².